The molecule has 0 aliphatic heterocycles. The number of halogens is 2. The van der Waals surface area contributed by atoms with Gasteiger partial charge in [-0.25, -0.2) is 22.6 Å². The number of sulfone groups is 1. The SMILES string of the molecule is CS(=O)(=O)c1ccc(Cl)c(C(=O)OCc2csc(-c3ccc(F)cc3)n2)c1. The van der Waals surface area contributed by atoms with Crippen LogP contribution in [0.15, 0.2) is 52.7 Å². The van der Waals surface area contributed by atoms with Crippen LogP contribution in [0.5, 0.6) is 0 Å². The largest absolute Gasteiger partial charge is 0.456 e. The number of hydrogen-bond acceptors (Lipinski definition) is 6. The number of ether oxygens (including phenoxy) is 1. The molecule has 0 amide bonds. The van der Waals surface area contributed by atoms with Crippen molar-refractivity contribution < 1.29 is 22.3 Å². The molecule has 27 heavy (non-hydrogen) atoms. The van der Waals surface area contributed by atoms with E-state index in [1.807, 2.05) is 0 Å². The zero-order chi connectivity index (χ0) is 19.6. The van der Waals surface area contributed by atoms with Crippen molar-refractivity contribution in [2.24, 2.45) is 0 Å². The predicted octanol–water partition coefficient (Wildman–Crippen LogP) is 4.36. The summed E-state index contributed by atoms with van der Waals surface area (Å²) in [4.78, 5) is 16.6. The van der Waals surface area contributed by atoms with Crippen LogP contribution in [0.2, 0.25) is 5.02 Å². The maximum Gasteiger partial charge on any atom is 0.340 e. The lowest BCUT2D eigenvalue weighted by Gasteiger charge is -2.07. The minimum atomic E-state index is -3.48. The van der Waals surface area contributed by atoms with Gasteiger partial charge in [0.05, 0.1) is 21.2 Å². The van der Waals surface area contributed by atoms with Gasteiger partial charge < -0.3 is 4.74 Å². The number of esters is 1. The summed E-state index contributed by atoms with van der Waals surface area (Å²) in [6.07, 6.45) is 1.04. The Kier molecular flexibility index (Phi) is 5.59. The fourth-order valence-corrected chi connectivity index (χ4v) is 3.86. The molecule has 0 N–H and O–H groups in total. The summed E-state index contributed by atoms with van der Waals surface area (Å²) < 4.78 is 41.4. The van der Waals surface area contributed by atoms with Gasteiger partial charge in [0.25, 0.3) is 0 Å². The smallest absolute Gasteiger partial charge is 0.340 e. The Labute approximate surface area is 164 Å². The third-order valence-corrected chi connectivity index (χ3v) is 5.96. The molecule has 3 rings (SSSR count). The van der Waals surface area contributed by atoms with E-state index in [1.165, 1.54) is 41.7 Å². The first-order valence-corrected chi connectivity index (χ1v) is 10.8. The van der Waals surface area contributed by atoms with Crippen molar-refractivity contribution in [1.29, 1.82) is 0 Å². The average molecular weight is 426 g/mol. The fourth-order valence-electron chi connectivity index (χ4n) is 2.21. The van der Waals surface area contributed by atoms with Gasteiger partial charge in [0.15, 0.2) is 9.84 Å². The van der Waals surface area contributed by atoms with E-state index in [4.69, 9.17) is 16.3 Å². The summed E-state index contributed by atoms with van der Waals surface area (Å²) in [5.74, 6) is -1.08. The van der Waals surface area contributed by atoms with Crippen molar-refractivity contribution >= 4 is 38.7 Å². The number of nitrogens with zero attached hydrogens (tertiary/aromatic N) is 1. The summed E-state index contributed by atoms with van der Waals surface area (Å²) in [5.41, 5.74) is 1.24. The van der Waals surface area contributed by atoms with E-state index in [-0.39, 0.29) is 27.9 Å². The normalized spacial score (nSPS) is 11.4. The van der Waals surface area contributed by atoms with Crippen molar-refractivity contribution in [3.8, 4) is 10.6 Å². The number of rotatable bonds is 5. The van der Waals surface area contributed by atoms with E-state index in [0.29, 0.717) is 10.7 Å². The monoisotopic (exact) mass is 425 g/mol. The van der Waals surface area contributed by atoms with Crippen LogP contribution in [0.4, 0.5) is 4.39 Å². The minimum Gasteiger partial charge on any atom is -0.456 e. The van der Waals surface area contributed by atoms with Crippen LogP contribution in [-0.4, -0.2) is 25.6 Å². The second-order valence-corrected chi connectivity index (χ2v) is 8.92. The second kappa shape index (κ2) is 7.75. The first kappa shape index (κ1) is 19.5. The first-order chi connectivity index (χ1) is 12.7. The third-order valence-electron chi connectivity index (χ3n) is 3.58. The summed E-state index contributed by atoms with van der Waals surface area (Å²) in [6.45, 7) is -0.101. The highest BCUT2D eigenvalue weighted by Gasteiger charge is 2.17. The summed E-state index contributed by atoms with van der Waals surface area (Å²) in [7, 11) is -3.48. The van der Waals surface area contributed by atoms with Gasteiger partial charge in [0, 0.05) is 17.2 Å². The number of carbonyl (C=O) groups excluding carboxylic acids is 1. The van der Waals surface area contributed by atoms with Crippen LogP contribution in [0.25, 0.3) is 10.6 Å². The van der Waals surface area contributed by atoms with Crippen LogP contribution in [0.1, 0.15) is 16.1 Å². The second-order valence-electron chi connectivity index (χ2n) is 5.64. The van der Waals surface area contributed by atoms with Gasteiger partial charge in [0.1, 0.15) is 17.4 Å². The summed E-state index contributed by atoms with van der Waals surface area (Å²) >= 11 is 7.31. The Morgan fingerprint density at radius 1 is 1.22 bits per heavy atom. The maximum atomic E-state index is 13.0. The molecule has 1 aromatic heterocycles. The molecule has 0 aliphatic rings. The molecule has 3 aromatic rings. The number of carbonyl (C=O) groups is 1. The molecule has 0 aliphatic carbocycles. The molecule has 0 saturated carbocycles. The van der Waals surface area contributed by atoms with Crippen LogP contribution >= 0.6 is 22.9 Å². The first-order valence-electron chi connectivity index (χ1n) is 7.61. The molecule has 0 atom stereocenters. The molecule has 1 heterocycles. The number of benzene rings is 2. The average Bonchev–Trinajstić information content (AvgIpc) is 3.08. The van der Waals surface area contributed by atoms with Crippen molar-refractivity contribution in [1.82, 2.24) is 4.98 Å². The quantitative estimate of drug-likeness (QED) is 0.568. The number of aromatic nitrogens is 1. The molecule has 0 saturated heterocycles. The molecular formula is C18H13ClFNO4S2. The van der Waals surface area contributed by atoms with Crippen molar-refractivity contribution in [2.75, 3.05) is 6.26 Å². The minimum absolute atomic E-state index is 0.0221. The van der Waals surface area contributed by atoms with Crippen LogP contribution in [0.3, 0.4) is 0 Å². The zero-order valence-corrected chi connectivity index (χ0v) is 16.4. The molecule has 9 heteroatoms. The standard InChI is InChI=1S/C18H13ClFNO4S2/c1-27(23,24)14-6-7-16(19)15(8-14)18(22)25-9-13-10-26-17(21-13)11-2-4-12(20)5-3-11/h2-8,10H,9H2,1H3. The molecule has 0 fully saturated rings. The van der Waals surface area contributed by atoms with Crippen molar-refractivity contribution in [2.45, 2.75) is 11.5 Å². The molecule has 140 valence electrons. The van der Waals surface area contributed by atoms with E-state index >= 15 is 0 Å². The van der Waals surface area contributed by atoms with Crippen molar-refractivity contribution in [3.63, 3.8) is 0 Å². The van der Waals surface area contributed by atoms with E-state index < -0.39 is 15.8 Å². The molecule has 0 spiro atoms. The number of thiazole rings is 1. The van der Waals surface area contributed by atoms with Crippen LogP contribution in [0, 0.1) is 5.82 Å². The number of hydrogen-bond donors (Lipinski definition) is 0. The van der Waals surface area contributed by atoms with E-state index in [0.717, 1.165) is 11.8 Å². The highest BCUT2D eigenvalue weighted by Crippen LogP contribution is 2.25. The third kappa shape index (κ3) is 4.71. The van der Waals surface area contributed by atoms with Gasteiger partial charge in [0.2, 0.25) is 0 Å². The van der Waals surface area contributed by atoms with Crippen LogP contribution in [-0.2, 0) is 21.2 Å². The Hall–Kier alpha value is -2.29. The van der Waals surface area contributed by atoms with Gasteiger partial charge in [-0.1, -0.05) is 11.6 Å². The topological polar surface area (TPSA) is 73.3 Å². The molecule has 5 nitrogen and oxygen atoms in total. The van der Waals surface area contributed by atoms with Crippen molar-refractivity contribution in [3.05, 3.63) is 69.9 Å². The lowest BCUT2D eigenvalue weighted by molar-refractivity contribution is 0.0468. The highest BCUT2D eigenvalue weighted by molar-refractivity contribution is 7.90. The molecular weight excluding hydrogens is 413 g/mol. The van der Waals surface area contributed by atoms with E-state index in [1.54, 1.807) is 17.5 Å². The Morgan fingerprint density at radius 3 is 2.59 bits per heavy atom. The lowest BCUT2D eigenvalue weighted by Crippen LogP contribution is -2.08. The molecule has 0 bridgehead atoms. The fraction of sp³-hybridized carbons (Fsp3) is 0.111. The van der Waals surface area contributed by atoms with Gasteiger partial charge in [-0.05, 0) is 42.5 Å². The van der Waals surface area contributed by atoms with Gasteiger partial charge >= 0.3 is 5.97 Å². The Morgan fingerprint density at radius 2 is 1.93 bits per heavy atom. The maximum absolute atomic E-state index is 13.0. The van der Waals surface area contributed by atoms with Gasteiger partial charge in [-0.15, -0.1) is 11.3 Å². The van der Waals surface area contributed by atoms with Gasteiger partial charge in [-0.2, -0.15) is 0 Å². The summed E-state index contributed by atoms with van der Waals surface area (Å²) in [5, 5.41) is 2.48. The lowest BCUT2D eigenvalue weighted by atomic mass is 10.2. The van der Waals surface area contributed by atoms with Gasteiger partial charge in [-0.3, -0.25) is 0 Å². The van der Waals surface area contributed by atoms with E-state index in [9.17, 15) is 17.6 Å². The van der Waals surface area contributed by atoms with Crippen LogP contribution < -0.4 is 0 Å². The molecule has 2 aromatic carbocycles. The Bertz CT molecular complexity index is 1090. The summed E-state index contributed by atoms with van der Waals surface area (Å²) in [6, 6.07) is 9.75. The predicted molar refractivity (Wildman–Crippen MR) is 101 cm³/mol. The zero-order valence-electron chi connectivity index (χ0n) is 14.0. The molecule has 0 unspecified atom stereocenters. The highest BCUT2D eigenvalue weighted by atomic mass is 35.5. The molecule has 0 radical (unpaired) electrons. The Balaban J connectivity index is 1.72. The van der Waals surface area contributed by atoms with E-state index in [2.05, 4.69) is 4.98 Å².